The van der Waals surface area contributed by atoms with Crippen LogP contribution in [-0.4, -0.2) is 36.6 Å². The summed E-state index contributed by atoms with van der Waals surface area (Å²) in [5, 5.41) is 3.03. The number of amides is 2. The van der Waals surface area contributed by atoms with Crippen molar-refractivity contribution < 1.29 is 19.1 Å². The fourth-order valence-electron chi connectivity index (χ4n) is 5.05. The zero-order chi connectivity index (χ0) is 19.8. The Morgan fingerprint density at radius 3 is 2.76 bits per heavy atom. The Balaban J connectivity index is 1.13. The molecule has 5 rings (SSSR count). The number of hydrogen-bond acceptors (Lipinski definition) is 4. The predicted molar refractivity (Wildman–Crippen MR) is 109 cm³/mol. The van der Waals surface area contributed by atoms with Gasteiger partial charge in [-0.3, -0.25) is 9.59 Å². The number of nitrogens with one attached hydrogen (secondary N) is 1. The van der Waals surface area contributed by atoms with Crippen LogP contribution in [-0.2, 0) is 9.59 Å². The summed E-state index contributed by atoms with van der Waals surface area (Å²) in [4.78, 5) is 27.4. The fraction of sp³-hybridized carbons (Fsp3) is 0.565. The average molecular weight is 396 g/mol. The third-order valence-corrected chi connectivity index (χ3v) is 7.02. The van der Waals surface area contributed by atoms with Crippen molar-refractivity contribution in [1.82, 2.24) is 4.90 Å². The summed E-state index contributed by atoms with van der Waals surface area (Å²) in [6.07, 6.45) is 10.3. The quantitative estimate of drug-likeness (QED) is 0.785. The van der Waals surface area contributed by atoms with Crippen LogP contribution in [0.25, 0.3) is 0 Å². The van der Waals surface area contributed by atoms with Gasteiger partial charge in [0.25, 0.3) is 0 Å². The van der Waals surface area contributed by atoms with E-state index in [-0.39, 0.29) is 29.9 Å². The second kappa shape index (κ2) is 7.39. The maximum absolute atomic E-state index is 12.8. The highest BCUT2D eigenvalue weighted by Gasteiger charge is 2.58. The van der Waals surface area contributed by atoms with Crippen LogP contribution in [0.4, 0.5) is 5.69 Å². The van der Waals surface area contributed by atoms with E-state index in [1.54, 1.807) is 0 Å². The first-order valence-electron chi connectivity index (χ1n) is 10.8. The number of benzene rings is 1. The number of hydrogen-bond donors (Lipinski definition) is 1. The second-order valence-electron chi connectivity index (χ2n) is 8.84. The molecule has 154 valence electrons. The summed E-state index contributed by atoms with van der Waals surface area (Å²) < 4.78 is 10.7. The van der Waals surface area contributed by atoms with E-state index in [2.05, 4.69) is 11.4 Å². The summed E-state index contributed by atoms with van der Waals surface area (Å²) in [6, 6.07) is 5.49. The number of carbonyl (C=O) groups is 2. The van der Waals surface area contributed by atoms with E-state index in [4.69, 9.17) is 9.47 Å². The predicted octanol–water partition coefficient (Wildman–Crippen LogP) is 3.87. The van der Waals surface area contributed by atoms with E-state index in [1.165, 1.54) is 18.4 Å². The minimum Gasteiger partial charge on any atom is -0.454 e. The van der Waals surface area contributed by atoms with Crippen LogP contribution in [0.5, 0.6) is 11.5 Å². The molecule has 2 amide bonds. The van der Waals surface area contributed by atoms with Gasteiger partial charge in [0.2, 0.25) is 18.6 Å². The molecule has 2 aliphatic carbocycles. The highest BCUT2D eigenvalue weighted by molar-refractivity contribution is 5.95. The molecule has 0 bridgehead atoms. The Kier molecular flexibility index (Phi) is 4.72. The molecular formula is C23H28N2O4. The highest BCUT2D eigenvalue weighted by Crippen LogP contribution is 2.59. The number of fused-ring (bicyclic) bond motifs is 1. The molecule has 2 heterocycles. The van der Waals surface area contributed by atoms with Crippen molar-refractivity contribution in [2.45, 2.75) is 51.4 Å². The molecule has 29 heavy (non-hydrogen) atoms. The third-order valence-electron chi connectivity index (χ3n) is 7.02. The number of carbonyl (C=O) groups excluding carboxylic acids is 2. The molecule has 1 saturated carbocycles. The Bertz CT molecular complexity index is 854. The topological polar surface area (TPSA) is 67.9 Å². The van der Waals surface area contributed by atoms with Gasteiger partial charge in [-0.1, -0.05) is 11.6 Å². The average Bonchev–Trinajstić information content (AvgIpc) is 3.23. The first kappa shape index (κ1) is 18.5. The smallest absolute Gasteiger partial charge is 0.231 e. The molecule has 1 atom stereocenters. The normalized spacial score (nSPS) is 24.2. The van der Waals surface area contributed by atoms with Gasteiger partial charge in [0.1, 0.15) is 0 Å². The van der Waals surface area contributed by atoms with Crippen LogP contribution < -0.4 is 14.8 Å². The highest BCUT2D eigenvalue weighted by atomic mass is 16.7. The van der Waals surface area contributed by atoms with E-state index in [0.29, 0.717) is 17.9 Å². The standard InChI is InChI=1S/C23H28N2O4/c26-21(12-16-4-2-1-3-5-16)25-10-8-23(9-11-25)14-18(23)22(27)24-17-6-7-19-20(13-17)29-15-28-19/h4,6-7,13,18H,1-3,5,8-12,14-15H2,(H,24,27). The molecule has 2 aliphatic heterocycles. The molecule has 1 aromatic carbocycles. The van der Waals surface area contributed by atoms with E-state index in [1.807, 2.05) is 23.1 Å². The Morgan fingerprint density at radius 2 is 1.97 bits per heavy atom. The van der Waals surface area contributed by atoms with Crippen LogP contribution in [0.2, 0.25) is 0 Å². The molecule has 1 N–H and O–H groups in total. The van der Waals surface area contributed by atoms with Gasteiger partial charge in [-0.2, -0.15) is 0 Å². The first-order valence-corrected chi connectivity index (χ1v) is 10.8. The number of ether oxygens (including phenoxy) is 2. The number of allylic oxidation sites excluding steroid dienone is 1. The monoisotopic (exact) mass is 396 g/mol. The second-order valence-corrected chi connectivity index (χ2v) is 8.84. The zero-order valence-corrected chi connectivity index (χ0v) is 16.7. The molecule has 4 aliphatic rings. The summed E-state index contributed by atoms with van der Waals surface area (Å²) in [6.45, 7) is 1.78. The molecule has 6 heteroatoms. The van der Waals surface area contributed by atoms with Gasteiger partial charge in [-0.25, -0.2) is 0 Å². The molecule has 1 saturated heterocycles. The lowest BCUT2D eigenvalue weighted by Gasteiger charge is -2.33. The molecule has 0 radical (unpaired) electrons. The maximum atomic E-state index is 12.8. The largest absolute Gasteiger partial charge is 0.454 e. The van der Waals surface area contributed by atoms with Gasteiger partial charge in [0, 0.05) is 37.2 Å². The van der Waals surface area contributed by atoms with E-state index in [9.17, 15) is 9.59 Å². The Labute approximate surface area is 171 Å². The summed E-state index contributed by atoms with van der Waals surface area (Å²) >= 11 is 0. The number of anilines is 1. The number of piperidine rings is 1. The van der Waals surface area contributed by atoms with Crippen LogP contribution >= 0.6 is 0 Å². The van der Waals surface area contributed by atoms with Crippen molar-refractivity contribution in [3.63, 3.8) is 0 Å². The molecule has 2 fully saturated rings. The van der Waals surface area contributed by atoms with Crippen molar-refractivity contribution in [3.05, 3.63) is 29.8 Å². The SMILES string of the molecule is O=C(Nc1ccc2c(c1)OCO2)C1CC12CCN(C(=O)CC1=CCCCC1)CC2. The van der Waals surface area contributed by atoms with Crippen molar-refractivity contribution in [2.24, 2.45) is 11.3 Å². The van der Waals surface area contributed by atoms with Gasteiger partial charge in [0.15, 0.2) is 11.5 Å². The van der Waals surface area contributed by atoms with Gasteiger partial charge in [-0.05, 0) is 62.5 Å². The van der Waals surface area contributed by atoms with Crippen LogP contribution in [0.3, 0.4) is 0 Å². The number of nitrogens with zero attached hydrogens (tertiary/aromatic N) is 1. The van der Waals surface area contributed by atoms with Gasteiger partial charge in [0.05, 0.1) is 0 Å². The van der Waals surface area contributed by atoms with Crippen molar-refractivity contribution >= 4 is 17.5 Å². The number of rotatable bonds is 4. The molecule has 0 aromatic heterocycles. The Hall–Kier alpha value is -2.50. The van der Waals surface area contributed by atoms with Crippen molar-refractivity contribution in [2.75, 3.05) is 25.2 Å². The Morgan fingerprint density at radius 1 is 1.14 bits per heavy atom. The maximum Gasteiger partial charge on any atom is 0.231 e. The van der Waals surface area contributed by atoms with Crippen LogP contribution in [0.1, 0.15) is 51.4 Å². The molecule has 1 aromatic rings. The van der Waals surface area contributed by atoms with Gasteiger partial charge >= 0.3 is 0 Å². The lowest BCUT2D eigenvalue weighted by molar-refractivity contribution is -0.132. The lowest BCUT2D eigenvalue weighted by atomic mass is 9.90. The van der Waals surface area contributed by atoms with Gasteiger partial charge < -0.3 is 19.7 Å². The summed E-state index contributed by atoms with van der Waals surface area (Å²) in [5.74, 6) is 1.78. The van der Waals surface area contributed by atoms with E-state index < -0.39 is 0 Å². The van der Waals surface area contributed by atoms with Crippen LogP contribution in [0.15, 0.2) is 29.8 Å². The third kappa shape index (κ3) is 3.72. The minimum absolute atomic E-state index is 0.0474. The summed E-state index contributed by atoms with van der Waals surface area (Å²) in [7, 11) is 0. The zero-order valence-electron chi connectivity index (χ0n) is 16.7. The van der Waals surface area contributed by atoms with Crippen molar-refractivity contribution in [1.29, 1.82) is 0 Å². The molecule has 1 unspecified atom stereocenters. The fourth-order valence-corrected chi connectivity index (χ4v) is 5.05. The lowest BCUT2D eigenvalue weighted by Crippen LogP contribution is -2.40. The molecule has 6 nitrogen and oxygen atoms in total. The van der Waals surface area contributed by atoms with Gasteiger partial charge in [-0.15, -0.1) is 0 Å². The minimum atomic E-state index is 0.0474. The number of likely N-dealkylation sites (tertiary alicyclic amines) is 1. The summed E-state index contributed by atoms with van der Waals surface area (Å²) in [5.41, 5.74) is 2.14. The van der Waals surface area contributed by atoms with E-state index >= 15 is 0 Å². The van der Waals surface area contributed by atoms with E-state index in [0.717, 1.165) is 50.9 Å². The van der Waals surface area contributed by atoms with Crippen LogP contribution in [0, 0.1) is 11.3 Å². The van der Waals surface area contributed by atoms with Crippen molar-refractivity contribution in [3.8, 4) is 11.5 Å². The first-order chi connectivity index (χ1) is 14.1. The molecular weight excluding hydrogens is 368 g/mol. The molecule has 1 spiro atoms.